The molecule has 0 saturated carbocycles. The van der Waals surface area contributed by atoms with Crippen molar-refractivity contribution in [2.45, 2.75) is 19.4 Å². The van der Waals surface area contributed by atoms with Crippen molar-refractivity contribution in [2.24, 2.45) is 5.92 Å². The lowest BCUT2D eigenvalue weighted by atomic mass is 10.1. The highest BCUT2D eigenvalue weighted by atomic mass is 16.5. The van der Waals surface area contributed by atoms with Gasteiger partial charge in [0, 0.05) is 31.7 Å². The highest BCUT2D eigenvalue weighted by molar-refractivity contribution is 5.92. The van der Waals surface area contributed by atoms with Gasteiger partial charge in [-0.2, -0.15) is 0 Å². The lowest BCUT2D eigenvalue weighted by Gasteiger charge is -2.21. The molecule has 0 spiro atoms. The van der Waals surface area contributed by atoms with Gasteiger partial charge in [-0.3, -0.25) is 4.79 Å². The van der Waals surface area contributed by atoms with E-state index in [9.17, 15) is 4.79 Å². The molecule has 1 aromatic rings. The maximum Gasteiger partial charge on any atom is 0.276 e. The Balaban J connectivity index is 1.80. The minimum absolute atomic E-state index is 0.00745. The smallest absolute Gasteiger partial charge is 0.276 e. The van der Waals surface area contributed by atoms with Crippen LogP contribution < -0.4 is 5.32 Å². The molecule has 0 radical (unpaired) electrons. The normalized spacial score (nSPS) is 28.4. The molecule has 0 aliphatic carbocycles. The van der Waals surface area contributed by atoms with Crippen LogP contribution >= 0.6 is 0 Å². The second kappa shape index (κ2) is 3.59. The minimum Gasteiger partial charge on any atom is -0.361 e. The van der Waals surface area contributed by atoms with Crippen LogP contribution in [0.5, 0.6) is 0 Å². The Morgan fingerprint density at radius 1 is 1.62 bits per heavy atom. The fourth-order valence-electron chi connectivity index (χ4n) is 2.72. The topological polar surface area (TPSA) is 58.4 Å². The Labute approximate surface area is 93.8 Å². The van der Waals surface area contributed by atoms with E-state index >= 15 is 0 Å². The van der Waals surface area contributed by atoms with E-state index in [-0.39, 0.29) is 5.91 Å². The van der Waals surface area contributed by atoms with Gasteiger partial charge in [-0.25, -0.2) is 0 Å². The Bertz CT molecular complexity index is 415. The largest absolute Gasteiger partial charge is 0.361 e. The van der Waals surface area contributed by atoms with Crippen molar-refractivity contribution in [3.05, 3.63) is 17.5 Å². The number of hydrogen-bond donors (Lipinski definition) is 1. The first kappa shape index (κ1) is 9.84. The number of carbonyl (C=O) groups is 1. The number of nitrogens with zero attached hydrogens (tertiary/aromatic N) is 2. The van der Waals surface area contributed by atoms with E-state index in [1.54, 1.807) is 13.0 Å². The third kappa shape index (κ3) is 1.43. The van der Waals surface area contributed by atoms with Gasteiger partial charge in [-0.15, -0.1) is 0 Å². The van der Waals surface area contributed by atoms with E-state index in [1.165, 1.54) is 0 Å². The molecule has 16 heavy (non-hydrogen) atoms. The second-order valence-corrected chi connectivity index (χ2v) is 4.60. The fraction of sp³-hybridized carbons (Fsp3) is 0.636. The minimum atomic E-state index is 0.00745. The molecule has 2 fully saturated rings. The molecule has 2 aliphatic heterocycles. The molecule has 86 valence electrons. The average molecular weight is 221 g/mol. The maximum atomic E-state index is 12.2. The number of fused-ring (bicyclic) bond motifs is 1. The van der Waals surface area contributed by atoms with Crippen molar-refractivity contribution in [1.82, 2.24) is 15.4 Å². The van der Waals surface area contributed by atoms with Gasteiger partial charge < -0.3 is 14.7 Å². The highest BCUT2D eigenvalue weighted by Crippen LogP contribution is 2.28. The number of nitrogens with one attached hydrogen (secondary N) is 1. The summed E-state index contributed by atoms with van der Waals surface area (Å²) in [5.74, 6) is 1.31. The van der Waals surface area contributed by atoms with Gasteiger partial charge in [-0.05, 0) is 19.3 Å². The number of amides is 1. The van der Waals surface area contributed by atoms with Gasteiger partial charge in [0.2, 0.25) is 0 Å². The van der Waals surface area contributed by atoms with E-state index in [4.69, 9.17) is 4.52 Å². The Morgan fingerprint density at radius 2 is 2.50 bits per heavy atom. The van der Waals surface area contributed by atoms with E-state index < -0.39 is 0 Å². The number of aromatic nitrogens is 1. The maximum absolute atomic E-state index is 12.2. The summed E-state index contributed by atoms with van der Waals surface area (Å²) in [7, 11) is 0. The van der Waals surface area contributed by atoms with Crippen molar-refractivity contribution >= 4 is 5.91 Å². The molecule has 3 heterocycles. The highest BCUT2D eigenvalue weighted by Gasteiger charge is 2.40. The van der Waals surface area contributed by atoms with Crippen molar-refractivity contribution in [3.63, 3.8) is 0 Å². The van der Waals surface area contributed by atoms with Crippen molar-refractivity contribution in [1.29, 1.82) is 0 Å². The molecule has 0 aromatic carbocycles. The number of likely N-dealkylation sites (tertiary alicyclic amines) is 1. The first-order chi connectivity index (χ1) is 7.75. The van der Waals surface area contributed by atoms with Crippen LogP contribution in [0.1, 0.15) is 22.7 Å². The third-order valence-electron chi connectivity index (χ3n) is 3.55. The molecule has 1 N–H and O–H groups in total. The van der Waals surface area contributed by atoms with Crippen LogP contribution in [0, 0.1) is 12.8 Å². The molecule has 2 atom stereocenters. The molecule has 5 nitrogen and oxygen atoms in total. The average Bonchev–Trinajstić information content (AvgIpc) is 2.90. The predicted octanol–water partition coefficient (Wildman–Crippen LogP) is 0.417. The van der Waals surface area contributed by atoms with Crippen LogP contribution in [0.15, 0.2) is 10.6 Å². The quantitative estimate of drug-likeness (QED) is 0.746. The Hall–Kier alpha value is -1.36. The fourth-order valence-corrected chi connectivity index (χ4v) is 2.72. The molecule has 1 amide bonds. The molecule has 0 unspecified atom stereocenters. The molecule has 2 saturated heterocycles. The zero-order valence-corrected chi connectivity index (χ0v) is 9.27. The van der Waals surface area contributed by atoms with E-state index in [2.05, 4.69) is 10.5 Å². The van der Waals surface area contributed by atoms with E-state index in [1.807, 2.05) is 4.90 Å². The van der Waals surface area contributed by atoms with E-state index in [0.717, 1.165) is 26.1 Å². The zero-order chi connectivity index (χ0) is 11.1. The number of carbonyl (C=O) groups excluding carboxylic acids is 1. The summed E-state index contributed by atoms with van der Waals surface area (Å²) in [6.45, 7) is 4.59. The summed E-state index contributed by atoms with van der Waals surface area (Å²) in [5, 5.41) is 7.12. The number of hydrogen-bond acceptors (Lipinski definition) is 4. The SMILES string of the molecule is Cc1cc(C(=O)N2CC[C@@H]3CNC[C@@H]32)no1. The van der Waals surface area contributed by atoms with Gasteiger partial charge >= 0.3 is 0 Å². The van der Waals surface area contributed by atoms with Crippen molar-refractivity contribution < 1.29 is 9.32 Å². The third-order valence-corrected chi connectivity index (χ3v) is 3.55. The van der Waals surface area contributed by atoms with Crippen LogP contribution in [0.4, 0.5) is 0 Å². The Morgan fingerprint density at radius 3 is 3.25 bits per heavy atom. The summed E-state index contributed by atoms with van der Waals surface area (Å²) in [5.41, 5.74) is 0.435. The standard InChI is InChI=1S/C11H15N3O2/c1-7-4-9(13-16-7)11(15)14-3-2-8-5-12-6-10(8)14/h4,8,10,12H,2-3,5-6H2,1H3/t8-,10+/m1/s1. The van der Waals surface area contributed by atoms with E-state index in [0.29, 0.717) is 23.4 Å². The molecule has 1 aromatic heterocycles. The molecule has 0 bridgehead atoms. The molecular formula is C11H15N3O2. The van der Waals surface area contributed by atoms with Crippen LogP contribution in [-0.2, 0) is 0 Å². The molecule has 2 aliphatic rings. The summed E-state index contributed by atoms with van der Waals surface area (Å²) in [4.78, 5) is 14.1. The summed E-state index contributed by atoms with van der Waals surface area (Å²) < 4.78 is 4.94. The zero-order valence-electron chi connectivity index (χ0n) is 9.27. The van der Waals surface area contributed by atoms with Gasteiger partial charge in [0.05, 0.1) is 0 Å². The summed E-state index contributed by atoms with van der Waals surface area (Å²) >= 11 is 0. The lowest BCUT2D eigenvalue weighted by Crippen LogP contribution is -2.39. The second-order valence-electron chi connectivity index (χ2n) is 4.60. The predicted molar refractivity (Wildman–Crippen MR) is 57.0 cm³/mol. The van der Waals surface area contributed by atoms with Gasteiger partial charge in [-0.1, -0.05) is 5.16 Å². The van der Waals surface area contributed by atoms with Gasteiger partial charge in [0.1, 0.15) is 5.76 Å². The van der Waals surface area contributed by atoms with Crippen LogP contribution in [-0.4, -0.2) is 41.6 Å². The van der Waals surface area contributed by atoms with Crippen LogP contribution in [0.2, 0.25) is 0 Å². The first-order valence-corrected chi connectivity index (χ1v) is 5.70. The number of aryl methyl sites for hydroxylation is 1. The van der Waals surface area contributed by atoms with Crippen molar-refractivity contribution in [3.8, 4) is 0 Å². The molecule has 3 rings (SSSR count). The van der Waals surface area contributed by atoms with Crippen LogP contribution in [0.3, 0.4) is 0 Å². The van der Waals surface area contributed by atoms with Crippen LogP contribution in [0.25, 0.3) is 0 Å². The number of rotatable bonds is 1. The van der Waals surface area contributed by atoms with Crippen molar-refractivity contribution in [2.75, 3.05) is 19.6 Å². The van der Waals surface area contributed by atoms with Gasteiger partial charge in [0.15, 0.2) is 5.69 Å². The molecule has 5 heteroatoms. The first-order valence-electron chi connectivity index (χ1n) is 5.70. The monoisotopic (exact) mass is 221 g/mol. The lowest BCUT2D eigenvalue weighted by molar-refractivity contribution is 0.0726. The summed E-state index contributed by atoms with van der Waals surface area (Å²) in [6, 6.07) is 2.06. The van der Waals surface area contributed by atoms with Gasteiger partial charge in [0.25, 0.3) is 5.91 Å². The summed E-state index contributed by atoms with van der Waals surface area (Å²) in [6.07, 6.45) is 1.10. The molecular weight excluding hydrogens is 206 g/mol. The Kier molecular flexibility index (Phi) is 2.21.